The van der Waals surface area contributed by atoms with Crippen LogP contribution in [-0.4, -0.2) is 24.5 Å². The van der Waals surface area contributed by atoms with Gasteiger partial charge in [0.25, 0.3) is 5.91 Å². The zero-order valence-corrected chi connectivity index (χ0v) is 10.9. The average Bonchev–Trinajstić information content (AvgIpc) is 2.48. The topological polar surface area (TPSA) is 54.0 Å². The Hall–Kier alpha value is -2.36. The standard InChI is InChI=1S/C15H17N3O/c1-16-14-11-13(8-10-17-14)15(19)18-9-7-12-5-3-2-4-6-12/h2-6,8,10-11H,7,9H2,1H3,(H,16,17)(H,18,19). The monoisotopic (exact) mass is 255 g/mol. The van der Waals surface area contributed by atoms with E-state index in [1.54, 1.807) is 25.4 Å². The lowest BCUT2D eigenvalue weighted by Gasteiger charge is -2.06. The van der Waals surface area contributed by atoms with Crippen LogP contribution in [0.5, 0.6) is 0 Å². The zero-order valence-electron chi connectivity index (χ0n) is 10.9. The summed E-state index contributed by atoms with van der Waals surface area (Å²) in [6, 6.07) is 13.5. The lowest BCUT2D eigenvalue weighted by atomic mass is 10.1. The number of carbonyl (C=O) groups excluding carboxylic acids is 1. The molecule has 0 radical (unpaired) electrons. The maximum absolute atomic E-state index is 11.9. The second kappa shape index (κ2) is 6.54. The minimum atomic E-state index is -0.0742. The predicted molar refractivity (Wildman–Crippen MR) is 76.3 cm³/mol. The van der Waals surface area contributed by atoms with E-state index in [0.29, 0.717) is 17.9 Å². The summed E-state index contributed by atoms with van der Waals surface area (Å²) in [6.45, 7) is 0.625. The molecule has 0 spiro atoms. The number of hydrogen-bond donors (Lipinski definition) is 2. The Bertz CT molecular complexity index is 540. The molecule has 0 unspecified atom stereocenters. The summed E-state index contributed by atoms with van der Waals surface area (Å²) in [5, 5.41) is 5.82. The minimum Gasteiger partial charge on any atom is -0.373 e. The van der Waals surface area contributed by atoms with Gasteiger partial charge >= 0.3 is 0 Å². The predicted octanol–water partition coefficient (Wildman–Crippen LogP) is 2.10. The summed E-state index contributed by atoms with van der Waals surface area (Å²) < 4.78 is 0. The molecule has 0 bridgehead atoms. The number of rotatable bonds is 5. The highest BCUT2D eigenvalue weighted by molar-refractivity contribution is 5.94. The lowest BCUT2D eigenvalue weighted by Crippen LogP contribution is -2.25. The molecular formula is C15H17N3O. The van der Waals surface area contributed by atoms with E-state index in [4.69, 9.17) is 0 Å². The summed E-state index contributed by atoms with van der Waals surface area (Å²) in [5.41, 5.74) is 1.83. The van der Waals surface area contributed by atoms with Crippen molar-refractivity contribution in [3.63, 3.8) is 0 Å². The Morgan fingerprint density at radius 2 is 2.00 bits per heavy atom. The Morgan fingerprint density at radius 1 is 1.21 bits per heavy atom. The minimum absolute atomic E-state index is 0.0742. The molecule has 1 aromatic carbocycles. The largest absolute Gasteiger partial charge is 0.373 e. The van der Waals surface area contributed by atoms with E-state index in [-0.39, 0.29) is 5.91 Å². The van der Waals surface area contributed by atoms with Crippen LogP contribution in [0, 0.1) is 0 Å². The maximum atomic E-state index is 11.9. The molecule has 2 N–H and O–H groups in total. The van der Waals surface area contributed by atoms with Crippen LogP contribution in [0.3, 0.4) is 0 Å². The van der Waals surface area contributed by atoms with Crippen molar-refractivity contribution in [2.45, 2.75) is 6.42 Å². The Kier molecular flexibility index (Phi) is 4.50. The van der Waals surface area contributed by atoms with Crippen molar-refractivity contribution in [3.8, 4) is 0 Å². The summed E-state index contributed by atoms with van der Waals surface area (Å²) in [4.78, 5) is 16.0. The van der Waals surface area contributed by atoms with E-state index in [2.05, 4.69) is 27.8 Å². The zero-order chi connectivity index (χ0) is 13.5. The summed E-state index contributed by atoms with van der Waals surface area (Å²) >= 11 is 0. The van der Waals surface area contributed by atoms with Gasteiger partial charge in [0.15, 0.2) is 0 Å². The molecule has 0 aliphatic rings. The molecule has 0 saturated carbocycles. The molecule has 0 saturated heterocycles. The molecule has 2 aromatic rings. The molecule has 98 valence electrons. The fourth-order valence-corrected chi connectivity index (χ4v) is 1.78. The molecule has 0 aliphatic carbocycles. The first-order valence-corrected chi connectivity index (χ1v) is 6.25. The van der Waals surface area contributed by atoms with Crippen molar-refractivity contribution in [1.29, 1.82) is 0 Å². The van der Waals surface area contributed by atoms with Crippen molar-refractivity contribution in [2.75, 3.05) is 18.9 Å². The number of nitrogens with zero attached hydrogens (tertiary/aromatic N) is 1. The van der Waals surface area contributed by atoms with Crippen LogP contribution in [0.4, 0.5) is 5.82 Å². The van der Waals surface area contributed by atoms with Crippen molar-refractivity contribution in [3.05, 3.63) is 59.8 Å². The van der Waals surface area contributed by atoms with Gasteiger partial charge in [0, 0.05) is 25.4 Å². The van der Waals surface area contributed by atoms with Crippen LogP contribution < -0.4 is 10.6 Å². The van der Waals surface area contributed by atoms with E-state index in [1.807, 2.05) is 18.2 Å². The Balaban J connectivity index is 1.87. The van der Waals surface area contributed by atoms with E-state index < -0.39 is 0 Å². The molecule has 0 atom stereocenters. The van der Waals surface area contributed by atoms with Crippen LogP contribution in [0.15, 0.2) is 48.7 Å². The SMILES string of the molecule is CNc1cc(C(=O)NCCc2ccccc2)ccn1. The van der Waals surface area contributed by atoms with Gasteiger partial charge in [-0.05, 0) is 24.1 Å². The third-order valence-corrected chi connectivity index (χ3v) is 2.82. The van der Waals surface area contributed by atoms with E-state index in [0.717, 1.165) is 6.42 Å². The highest BCUT2D eigenvalue weighted by Gasteiger charge is 2.05. The van der Waals surface area contributed by atoms with E-state index in [9.17, 15) is 4.79 Å². The quantitative estimate of drug-likeness (QED) is 0.860. The van der Waals surface area contributed by atoms with Gasteiger partial charge in [-0.15, -0.1) is 0 Å². The highest BCUT2D eigenvalue weighted by Crippen LogP contribution is 2.05. The van der Waals surface area contributed by atoms with Crippen LogP contribution >= 0.6 is 0 Å². The molecule has 1 heterocycles. The van der Waals surface area contributed by atoms with Gasteiger partial charge in [-0.3, -0.25) is 4.79 Å². The number of anilines is 1. The number of aromatic nitrogens is 1. The van der Waals surface area contributed by atoms with Gasteiger partial charge in [-0.25, -0.2) is 4.98 Å². The first-order chi connectivity index (χ1) is 9.29. The Labute approximate surface area is 112 Å². The first-order valence-electron chi connectivity index (χ1n) is 6.25. The number of amides is 1. The van der Waals surface area contributed by atoms with Crippen LogP contribution in [0.1, 0.15) is 15.9 Å². The summed E-state index contributed by atoms with van der Waals surface area (Å²) in [6.07, 6.45) is 2.45. The van der Waals surface area contributed by atoms with Gasteiger partial charge in [0.1, 0.15) is 5.82 Å². The van der Waals surface area contributed by atoms with Crippen molar-refractivity contribution >= 4 is 11.7 Å². The van der Waals surface area contributed by atoms with Crippen LogP contribution in [-0.2, 0) is 6.42 Å². The molecule has 1 amide bonds. The van der Waals surface area contributed by atoms with E-state index >= 15 is 0 Å². The molecule has 2 rings (SSSR count). The average molecular weight is 255 g/mol. The number of carbonyl (C=O) groups is 1. The molecular weight excluding hydrogens is 238 g/mol. The number of nitrogens with one attached hydrogen (secondary N) is 2. The molecule has 19 heavy (non-hydrogen) atoms. The van der Waals surface area contributed by atoms with Gasteiger partial charge in [0.05, 0.1) is 0 Å². The highest BCUT2D eigenvalue weighted by atomic mass is 16.1. The third-order valence-electron chi connectivity index (χ3n) is 2.82. The summed E-state index contributed by atoms with van der Waals surface area (Å²) in [5.74, 6) is 0.616. The number of pyridine rings is 1. The molecule has 1 aromatic heterocycles. The van der Waals surface area contributed by atoms with Crippen molar-refractivity contribution in [1.82, 2.24) is 10.3 Å². The van der Waals surface area contributed by atoms with Gasteiger partial charge in [-0.1, -0.05) is 30.3 Å². The maximum Gasteiger partial charge on any atom is 0.251 e. The molecule has 4 heteroatoms. The molecule has 0 fully saturated rings. The van der Waals surface area contributed by atoms with Gasteiger partial charge in [0.2, 0.25) is 0 Å². The van der Waals surface area contributed by atoms with Crippen molar-refractivity contribution < 1.29 is 4.79 Å². The first kappa shape index (κ1) is 13.1. The second-order valence-electron chi connectivity index (χ2n) is 4.17. The van der Waals surface area contributed by atoms with Crippen molar-refractivity contribution in [2.24, 2.45) is 0 Å². The second-order valence-corrected chi connectivity index (χ2v) is 4.17. The number of benzene rings is 1. The number of hydrogen-bond acceptors (Lipinski definition) is 3. The van der Waals surface area contributed by atoms with Crippen LogP contribution in [0.2, 0.25) is 0 Å². The molecule has 4 nitrogen and oxygen atoms in total. The third kappa shape index (κ3) is 3.81. The smallest absolute Gasteiger partial charge is 0.251 e. The molecule has 0 aliphatic heterocycles. The van der Waals surface area contributed by atoms with E-state index in [1.165, 1.54) is 5.56 Å². The fourth-order valence-electron chi connectivity index (χ4n) is 1.78. The summed E-state index contributed by atoms with van der Waals surface area (Å²) in [7, 11) is 1.78. The van der Waals surface area contributed by atoms with Crippen LogP contribution in [0.25, 0.3) is 0 Å². The van der Waals surface area contributed by atoms with Gasteiger partial charge in [-0.2, -0.15) is 0 Å². The Morgan fingerprint density at radius 3 is 2.74 bits per heavy atom. The van der Waals surface area contributed by atoms with Gasteiger partial charge < -0.3 is 10.6 Å². The fraction of sp³-hybridized carbons (Fsp3) is 0.200. The lowest BCUT2D eigenvalue weighted by molar-refractivity contribution is 0.0954. The normalized spacial score (nSPS) is 9.95.